The van der Waals surface area contributed by atoms with Crippen LogP contribution in [0.1, 0.15) is 35.3 Å². The molecule has 0 saturated heterocycles. The summed E-state index contributed by atoms with van der Waals surface area (Å²) in [6.07, 6.45) is 0.963. The van der Waals surface area contributed by atoms with Gasteiger partial charge in [-0.05, 0) is 24.5 Å². The van der Waals surface area contributed by atoms with Crippen LogP contribution >= 0.6 is 11.3 Å². The molecule has 1 aromatic rings. The van der Waals surface area contributed by atoms with E-state index in [1.54, 1.807) is 0 Å². The quantitative estimate of drug-likeness (QED) is 0.785. The summed E-state index contributed by atoms with van der Waals surface area (Å²) in [4.78, 5) is 18.5. The molecule has 15 heavy (non-hydrogen) atoms. The molecular formula is C11H17NO2S. The standard InChI is InChI=1S/C11H17NO2S/c1-4-9-5-6-10(15-9)11(13)12-14-7-8(2)3/h5-6,8H,4,7H2,1-3H3,(H,12,13). The van der Waals surface area contributed by atoms with Gasteiger partial charge in [-0.25, -0.2) is 5.48 Å². The molecule has 1 aromatic heterocycles. The van der Waals surface area contributed by atoms with E-state index in [4.69, 9.17) is 4.84 Å². The Bertz CT molecular complexity index is 320. The zero-order valence-electron chi connectivity index (χ0n) is 9.37. The summed E-state index contributed by atoms with van der Waals surface area (Å²) in [5.74, 6) is 0.264. The van der Waals surface area contributed by atoms with Crippen LogP contribution in [0.2, 0.25) is 0 Å². The summed E-state index contributed by atoms with van der Waals surface area (Å²) in [7, 11) is 0. The normalized spacial score (nSPS) is 10.7. The van der Waals surface area contributed by atoms with Crippen molar-refractivity contribution in [1.29, 1.82) is 0 Å². The van der Waals surface area contributed by atoms with Gasteiger partial charge in [0.05, 0.1) is 11.5 Å². The zero-order chi connectivity index (χ0) is 11.3. The molecule has 1 rings (SSSR count). The number of nitrogens with one attached hydrogen (secondary N) is 1. The third-order valence-corrected chi connectivity index (χ3v) is 3.04. The molecule has 0 aliphatic carbocycles. The second kappa shape index (κ2) is 5.88. The summed E-state index contributed by atoms with van der Waals surface area (Å²) in [5.41, 5.74) is 2.44. The van der Waals surface area contributed by atoms with E-state index in [2.05, 4.69) is 12.4 Å². The van der Waals surface area contributed by atoms with E-state index < -0.39 is 0 Å². The van der Waals surface area contributed by atoms with Gasteiger partial charge in [-0.1, -0.05) is 20.8 Å². The highest BCUT2D eigenvalue weighted by molar-refractivity contribution is 7.14. The Morgan fingerprint density at radius 3 is 2.80 bits per heavy atom. The van der Waals surface area contributed by atoms with Crippen LogP contribution in [0.5, 0.6) is 0 Å². The maximum absolute atomic E-state index is 11.5. The Labute approximate surface area is 94.4 Å². The van der Waals surface area contributed by atoms with Crippen LogP contribution in [0.4, 0.5) is 0 Å². The van der Waals surface area contributed by atoms with Crippen LogP contribution < -0.4 is 5.48 Å². The molecule has 1 N–H and O–H groups in total. The van der Waals surface area contributed by atoms with E-state index in [-0.39, 0.29) is 5.91 Å². The van der Waals surface area contributed by atoms with Crippen LogP contribution in [-0.2, 0) is 11.3 Å². The largest absolute Gasteiger partial charge is 0.284 e. The topological polar surface area (TPSA) is 38.3 Å². The van der Waals surface area contributed by atoms with Crippen molar-refractivity contribution in [2.75, 3.05) is 6.61 Å². The zero-order valence-corrected chi connectivity index (χ0v) is 10.2. The monoisotopic (exact) mass is 227 g/mol. The second-order valence-electron chi connectivity index (χ2n) is 3.76. The fourth-order valence-corrected chi connectivity index (χ4v) is 1.85. The predicted octanol–water partition coefficient (Wildman–Crippen LogP) is 2.63. The minimum atomic E-state index is -0.152. The van der Waals surface area contributed by atoms with Crippen molar-refractivity contribution in [3.8, 4) is 0 Å². The van der Waals surface area contributed by atoms with Crippen LogP contribution in [-0.4, -0.2) is 12.5 Å². The van der Waals surface area contributed by atoms with Crippen molar-refractivity contribution in [2.45, 2.75) is 27.2 Å². The molecule has 3 nitrogen and oxygen atoms in total. The van der Waals surface area contributed by atoms with Gasteiger partial charge >= 0.3 is 0 Å². The first-order chi connectivity index (χ1) is 7.13. The third kappa shape index (κ3) is 4.01. The van der Waals surface area contributed by atoms with Gasteiger partial charge in [0.2, 0.25) is 0 Å². The van der Waals surface area contributed by atoms with E-state index >= 15 is 0 Å². The fraction of sp³-hybridized carbons (Fsp3) is 0.545. The molecule has 0 spiro atoms. The first kappa shape index (κ1) is 12.2. The molecule has 0 aliphatic rings. The highest BCUT2D eigenvalue weighted by Crippen LogP contribution is 2.16. The van der Waals surface area contributed by atoms with Gasteiger partial charge < -0.3 is 0 Å². The highest BCUT2D eigenvalue weighted by atomic mass is 32.1. The Hall–Kier alpha value is -0.870. The number of thiophene rings is 1. The van der Waals surface area contributed by atoms with Gasteiger partial charge in [-0.2, -0.15) is 0 Å². The fourth-order valence-electron chi connectivity index (χ4n) is 1.01. The molecule has 1 heterocycles. The summed E-state index contributed by atoms with van der Waals surface area (Å²) in [6, 6.07) is 3.81. The Morgan fingerprint density at radius 1 is 1.53 bits per heavy atom. The molecule has 0 bridgehead atoms. The maximum atomic E-state index is 11.5. The highest BCUT2D eigenvalue weighted by Gasteiger charge is 2.08. The summed E-state index contributed by atoms with van der Waals surface area (Å²) >= 11 is 1.51. The van der Waals surface area contributed by atoms with Gasteiger partial charge in [0, 0.05) is 4.88 Å². The van der Waals surface area contributed by atoms with Gasteiger partial charge in [-0.3, -0.25) is 9.63 Å². The lowest BCUT2D eigenvalue weighted by Gasteiger charge is -2.06. The molecule has 0 radical (unpaired) electrons. The summed E-state index contributed by atoms with van der Waals surface area (Å²) < 4.78 is 0. The van der Waals surface area contributed by atoms with Crippen LogP contribution in [0.3, 0.4) is 0 Å². The maximum Gasteiger partial charge on any atom is 0.284 e. The molecular weight excluding hydrogens is 210 g/mol. The average molecular weight is 227 g/mol. The van der Waals surface area contributed by atoms with E-state index in [9.17, 15) is 4.79 Å². The number of hydrogen-bond donors (Lipinski definition) is 1. The first-order valence-electron chi connectivity index (χ1n) is 5.14. The first-order valence-corrected chi connectivity index (χ1v) is 5.96. The minimum Gasteiger partial charge on any atom is -0.273 e. The van der Waals surface area contributed by atoms with Gasteiger partial charge in [0.1, 0.15) is 0 Å². The number of rotatable bonds is 5. The molecule has 4 heteroatoms. The smallest absolute Gasteiger partial charge is 0.273 e. The average Bonchev–Trinajstić information content (AvgIpc) is 2.65. The number of carbonyl (C=O) groups is 1. The molecule has 0 atom stereocenters. The lowest BCUT2D eigenvalue weighted by Crippen LogP contribution is -2.24. The number of hydrogen-bond acceptors (Lipinski definition) is 3. The minimum absolute atomic E-state index is 0.152. The second-order valence-corrected chi connectivity index (χ2v) is 4.92. The number of amides is 1. The number of hydroxylamine groups is 1. The van der Waals surface area contributed by atoms with Crippen molar-refractivity contribution in [1.82, 2.24) is 5.48 Å². The van der Waals surface area contributed by atoms with E-state index in [0.29, 0.717) is 17.4 Å². The molecule has 0 aromatic carbocycles. The van der Waals surface area contributed by atoms with Gasteiger partial charge in [0.25, 0.3) is 5.91 Å². The Balaban J connectivity index is 2.40. The van der Waals surface area contributed by atoms with Crippen molar-refractivity contribution >= 4 is 17.2 Å². The molecule has 1 amide bonds. The van der Waals surface area contributed by atoms with E-state index in [1.807, 2.05) is 26.0 Å². The summed E-state index contributed by atoms with van der Waals surface area (Å²) in [6.45, 7) is 6.68. The van der Waals surface area contributed by atoms with Crippen molar-refractivity contribution in [3.05, 3.63) is 21.9 Å². The van der Waals surface area contributed by atoms with Crippen LogP contribution in [0.25, 0.3) is 0 Å². The Kier molecular flexibility index (Phi) is 4.78. The van der Waals surface area contributed by atoms with Crippen LogP contribution in [0.15, 0.2) is 12.1 Å². The molecule has 0 fully saturated rings. The third-order valence-electron chi connectivity index (χ3n) is 1.82. The van der Waals surface area contributed by atoms with E-state index in [1.165, 1.54) is 16.2 Å². The summed E-state index contributed by atoms with van der Waals surface area (Å²) in [5, 5.41) is 0. The van der Waals surface area contributed by atoms with Gasteiger partial charge in [-0.15, -0.1) is 11.3 Å². The van der Waals surface area contributed by atoms with Crippen molar-refractivity contribution in [3.63, 3.8) is 0 Å². The van der Waals surface area contributed by atoms with Gasteiger partial charge in [0.15, 0.2) is 0 Å². The van der Waals surface area contributed by atoms with Crippen molar-refractivity contribution < 1.29 is 9.63 Å². The van der Waals surface area contributed by atoms with Crippen LogP contribution in [0, 0.1) is 5.92 Å². The molecule has 0 unspecified atom stereocenters. The number of carbonyl (C=O) groups excluding carboxylic acids is 1. The lowest BCUT2D eigenvalue weighted by atomic mass is 10.2. The number of aryl methyl sites for hydroxylation is 1. The molecule has 84 valence electrons. The van der Waals surface area contributed by atoms with Crippen molar-refractivity contribution in [2.24, 2.45) is 5.92 Å². The molecule has 0 aliphatic heterocycles. The molecule has 0 saturated carbocycles. The predicted molar refractivity (Wildman–Crippen MR) is 62.0 cm³/mol. The van der Waals surface area contributed by atoms with E-state index in [0.717, 1.165) is 6.42 Å². The SMILES string of the molecule is CCc1ccc(C(=O)NOCC(C)C)s1. The Morgan fingerprint density at radius 2 is 2.27 bits per heavy atom. The lowest BCUT2D eigenvalue weighted by molar-refractivity contribution is 0.0212.